The molecule has 1 aromatic heterocycles. The molecule has 7 heteroatoms. The van der Waals surface area contributed by atoms with Gasteiger partial charge in [0.15, 0.2) is 6.61 Å². The number of nitrogens with zero attached hydrogens (tertiary/aromatic N) is 1. The number of aromatic nitrogens is 1. The summed E-state index contributed by atoms with van der Waals surface area (Å²) in [5.41, 5.74) is 10.8. The van der Waals surface area contributed by atoms with Crippen molar-refractivity contribution < 1.29 is 14.3 Å². The van der Waals surface area contributed by atoms with E-state index in [4.69, 9.17) is 10.5 Å². The van der Waals surface area contributed by atoms with E-state index in [1.54, 1.807) is 20.8 Å². The first kappa shape index (κ1) is 22.8. The zero-order chi connectivity index (χ0) is 23.3. The van der Waals surface area contributed by atoms with Crippen LogP contribution in [0.15, 0.2) is 71.0 Å². The fraction of sp³-hybridized carbons (Fsp3) is 0.240. The number of carbonyl (C=O) groups is 2. The maximum absolute atomic E-state index is 12.7. The second-order valence-corrected chi connectivity index (χ2v) is 7.68. The van der Waals surface area contributed by atoms with E-state index >= 15 is 0 Å². The van der Waals surface area contributed by atoms with E-state index in [9.17, 15) is 9.59 Å². The van der Waals surface area contributed by atoms with E-state index in [-0.39, 0.29) is 0 Å². The number of H-pyrrole nitrogens is 1. The minimum absolute atomic E-state index is 0.399. The van der Waals surface area contributed by atoms with Crippen molar-refractivity contribution in [2.75, 3.05) is 6.61 Å². The largest absolute Gasteiger partial charge is 0.455 e. The van der Waals surface area contributed by atoms with Gasteiger partial charge in [-0.25, -0.2) is 0 Å². The summed E-state index contributed by atoms with van der Waals surface area (Å²) < 4.78 is 5.30. The number of ether oxygens (including phenoxy) is 1. The number of aryl methyl sites for hydroxylation is 1. The molecule has 1 atom stereocenters. The van der Waals surface area contributed by atoms with Crippen LogP contribution in [-0.4, -0.2) is 29.2 Å². The fourth-order valence-corrected chi connectivity index (χ4v) is 3.64. The number of hydrogen-bond acceptors (Lipinski definition) is 5. The van der Waals surface area contributed by atoms with Gasteiger partial charge in [0.1, 0.15) is 0 Å². The Balaban J connectivity index is 1.65. The molecule has 1 heterocycles. The van der Waals surface area contributed by atoms with Gasteiger partial charge in [-0.15, -0.1) is 0 Å². The quantitative estimate of drug-likeness (QED) is 0.383. The van der Waals surface area contributed by atoms with Crippen molar-refractivity contribution in [1.82, 2.24) is 10.3 Å². The summed E-state index contributed by atoms with van der Waals surface area (Å²) in [6.07, 6.45) is 0. The molecule has 0 fully saturated rings. The number of benzene rings is 2. The molecule has 0 saturated heterocycles. The highest BCUT2D eigenvalue weighted by Gasteiger charge is 2.23. The van der Waals surface area contributed by atoms with Crippen LogP contribution >= 0.6 is 0 Å². The van der Waals surface area contributed by atoms with Crippen molar-refractivity contribution in [3.63, 3.8) is 0 Å². The van der Waals surface area contributed by atoms with Crippen LogP contribution in [0.2, 0.25) is 0 Å². The van der Waals surface area contributed by atoms with Crippen molar-refractivity contribution in [2.45, 2.75) is 33.6 Å². The van der Waals surface area contributed by atoms with Gasteiger partial charge in [0.05, 0.1) is 23.0 Å². The minimum Gasteiger partial charge on any atom is -0.455 e. The van der Waals surface area contributed by atoms with Crippen molar-refractivity contribution in [3.05, 3.63) is 77.2 Å². The average Bonchev–Trinajstić information content (AvgIpc) is 3.11. The number of carbonyl (C=O) groups excluding carboxylic acids is 2. The van der Waals surface area contributed by atoms with E-state index in [0.717, 1.165) is 27.8 Å². The Morgan fingerprint density at radius 1 is 1.09 bits per heavy atom. The fourth-order valence-electron chi connectivity index (χ4n) is 3.64. The zero-order valence-corrected chi connectivity index (χ0v) is 18.7. The Kier molecular flexibility index (Phi) is 7.10. The Bertz CT molecular complexity index is 1190. The Morgan fingerprint density at radius 2 is 1.75 bits per heavy atom. The Labute approximate surface area is 187 Å². The van der Waals surface area contributed by atoms with Crippen LogP contribution in [-0.2, 0) is 14.3 Å². The molecule has 3 rings (SSSR count). The highest BCUT2D eigenvalue weighted by atomic mass is 16.5. The molecule has 0 saturated carbocycles. The van der Waals surface area contributed by atoms with E-state index in [1.807, 2.05) is 61.5 Å². The van der Waals surface area contributed by atoms with Gasteiger partial charge in [0.25, 0.3) is 5.91 Å². The van der Waals surface area contributed by atoms with Gasteiger partial charge in [0.2, 0.25) is 0 Å². The van der Waals surface area contributed by atoms with Gasteiger partial charge in [-0.1, -0.05) is 36.4 Å². The molecular formula is C25H28N4O3. The highest BCUT2D eigenvalue weighted by molar-refractivity contribution is 6.03. The third-order valence-electron chi connectivity index (χ3n) is 5.15. The summed E-state index contributed by atoms with van der Waals surface area (Å²) in [5.74, 6) is -1.48. The summed E-state index contributed by atoms with van der Waals surface area (Å²) in [4.78, 5) is 32.9. The van der Waals surface area contributed by atoms with Crippen LogP contribution in [0.3, 0.4) is 0 Å². The van der Waals surface area contributed by atoms with Gasteiger partial charge in [-0.2, -0.15) is 0 Å². The topological polar surface area (TPSA) is 110 Å². The molecule has 1 amide bonds. The van der Waals surface area contributed by atoms with Crippen molar-refractivity contribution in [1.29, 1.82) is 0 Å². The minimum atomic E-state index is -0.522. The third-order valence-corrected chi connectivity index (χ3v) is 5.15. The van der Waals surface area contributed by atoms with Gasteiger partial charge >= 0.3 is 5.97 Å². The van der Waals surface area contributed by atoms with Crippen LogP contribution in [0.5, 0.6) is 0 Å². The number of allylic oxidation sites excluding steroid dienone is 2. The SMILES string of the molecule is CC(=Nc1ccccc1)C(NC(=O)COC(=O)C(C)c1c(C)[nH]c2ccccc12)=C(C)N. The Hall–Kier alpha value is -3.87. The van der Waals surface area contributed by atoms with E-state index in [0.29, 0.717) is 17.1 Å². The lowest BCUT2D eigenvalue weighted by Crippen LogP contribution is -2.33. The van der Waals surface area contributed by atoms with Crippen LogP contribution < -0.4 is 11.1 Å². The standard InChI is InChI=1S/C25H28N4O3/c1-15(23-17(3)28-21-13-9-8-12-20(21)23)25(31)32-14-22(30)29-24(16(2)26)18(4)27-19-10-6-5-7-11-19/h5-13,15,28H,14,26H2,1-4H3,(H,29,30). The van der Waals surface area contributed by atoms with Crippen molar-refractivity contribution in [3.8, 4) is 0 Å². The predicted octanol–water partition coefficient (Wildman–Crippen LogP) is 4.22. The first-order valence-corrected chi connectivity index (χ1v) is 10.4. The number of esters is 1. The zero-order valence-electron chi connectivity index (χ0n) is 18.7. The smallest absolute Gasteiger partial charge is 0.313 e. The summed E-state index contributed by atoms with van der Waals surface area (Å²) in [6.45, 7) is 6.71. The van der Waals surface area contributed by atoms with Gasteiger partial charge < -0.3 is 20.8 Å². The molecule has 7 nitrogen and oxygen atoms in total. The second kappa shape index (κ2) is 9.96. The molecule has 0 radical (unpaired) electrons. The number of fused-ring (bicyclic) bond motifs is 1. The first-order valence-electron chi connectivity index (χ1n) is 10.4. The van der Waals surface area contributed by atoms with Crippen LogP contribution in [0.1, 0.15) is 37.9 Å². The lowest BCUT2D eigenvalue weighted by atomic mass is 9.98. The van der Waals surface area contributed by atoms with Crippen LogP contribution in [0.25, 0.3) is 10.9 Å². The number of hydrogen-bond donors (Lipinski definition) is 3. The monoisotopic (exact) mass is 432 g/mol. The average molecular weight is 433 g/mol. The number of para-hydroxylation sites is 2. The lowest BCUT2D eigenvalue weighted by Gasteiger charge is -2.14. The maximum atomic E-state index is 12.7. The second-order valence-electron chi connectivity index (χ2n) is 7.68. The molecule has 0 spiro atoms. The molecule has 1 unspecified atom stereocenters. The highest BCUT2D eigenvalue weighted by Crippen LogP contribution is 2.29. The first-order chi connectivity index (χ1) is 15.3. The van der Waals surface area contributed by atoms with Crippen LogP contribution in [0.4, 0.5) is 5.69 Å². The molecular weight excluding hydrogens is 404 g/mol. The molecule has 2 aromatic carbocycles. The number of nitrogens with one attached hydrogen (secondary N) is 2. The van der Waals surface area contributed by atoms with Gasteiger partial charge in [0, 0.05) is 22.3 Å². The molecule has 3 aromatic rings. The molecule has 4 N–H and O–H groups in total. The summed E-state index contributed by atoms with van der Waals surface area (Å²) in [7, 11) is 0. The number of aromatic amines is 1. The molecule has 0 aliphatic rings. The number of aliphatic imine (C=N–C) groups is 1. The van der Waals surface area contributed by atoms with Gasteiger partial charge in [-0.05, 0) is 51.5 Å². The molecule has 166 valence electrons. The number of amides is 1. The normalized spacial score (nSPS) is 13.4. The summed E-state index contributed by atoms with van der Waals surface area (Å²) in [5, 5.41) is 3.68. The molecule has 32 heavy (non-hydrogen) atoms. The van der Waals surface area contributed by atoms with Crippen molar-refractivity contribution >= 4 is 34.2 Å². The van der Waals surface area contributed by atoms with E-state index in [1.165, 1.54) is 0 Å². The molecule has 0 aliphatic heterocycles. The summed E-state index contributed by atoms with van der Waals surface area (Å²) >= 11 is 0. The van der Waals surface area contributed by atoms with E-state index in [2.05, 4.69) is 15.3 Å². The van der Waals surface area contributed by atoms with Crippen molar-refractivity contribution in [2.24, 2.45) is 10.7 Å². The van der Waals surface area contributed by atoms with Crippen LogP contribution in [0, 0.1) is 6.92 Å². The summed E-state index contributed by atoms with van der Waals surface area (Å²) in [6, 6.07) is 17.1. The lowest BCUT2D eigenvalue weighted by molar-refractivity contribution is -0.149. The molecule has 0 bridgehead atoms. The molecule has 0 aliphatic carbocycles. The maximum Gasteiger partial charge on any atom is 0.313 e. The number of nitrogens with two attached hydrogens (primary N) is 1. The number of rotatable bonds is 7. The van der Waals surface area contributed by atoms with Gasteiger partial charge in [-0.3, -0.25) is 14.6 Å². The van der Waals surface area contributed by atoms with E-state index < -0.39 is 24.4 Å². The predicted molar refractivity (Wildman–Crippen MR) is 127 cm³/mol. The Morgan fingerprint density at radius 3 is 2.44 bits per heavy atom. The third kappa shape index (κ3) is 5.24.